The number of aromatic nitrogens is 8. The number of thiophene rings is 1. The van der Waals surface area contributed by atoms with E-state index in [1.807, 2.05) is 29.0 Å². The second-order valence-electron chi connectivity index (χ2n) is 5.27. The number of nitrogens with one attached hydrogen (secondary N) is 1. The molecule has 0 atom stereocenters. The Hall–Kier alpha value is -2.86. The second-order valence-corrected chi connectivity index (χ2v) is 6.99. The average molecular weight is 387 g/mol. The summed E-state index contributed by atoms with van der Waals surface area (Å²) in [5, 5.41) is 31.2. The van der Waals surface area contributed by atoms with Gasteiger partial charge in [0, 0.05) is 18.0 Å². The van der Waals surface area contributed by atoms with Gasteiger partial charge in [0.2, 0.25) is 11.1 Å². The first-order valence-electron chi connectivity index (χ1n) is 7.56. The molecule has 4 aromatic heterocycles. The van der Waals surface area contributed by atoms with E-state index in [0.717, 1.165) is 11.3 Å². The lowest BCUT2D eigenvalue weighted by Gasteiger charge is -2.04. The zero-order valence-corrected chi connectivity index (χ0v) is 15.2. The minimum atomic E-state index is -0.149. The average Bonchev–Trinajstić information content (AvgIpc) is 3.39. The highest BCUT2D eigenvalue weighted by atomic mass is 32.2. The molecular weight excluding hydrogens is 374 g/mol. The highest BCUT2D eigenvalue weighted by Gasteiger charge is 2.12. The molecule has 0 unspecified atom stereocenters. The van der Waals surface area contributed by atoms with Crippen molar-refractivity contribution in [3.63, 3.8) is 0 Å². The van der Waals surface area contributed by atoms with Crippen LogP contribution in [-0.4, -0.2) is 51.7 Å². The van der Waals surface area contributed by atoms with E-state index in [-0.39, 0.29) is 18.2 Å². The number of hydrogen-bond acceptors (Lipinski definition) is 9. The summed E-state index contributed by atoms with van der Waals surface area (Å²) in [6.07, 6.45) is 0. The van der Waals surface area contributed by atoms with Gasteiger partial charge in [-0.3, -0.25) is 4.79 Å². The lowest BCUT2D eigenvalue weighted by molar-refractivity contribution is -0.118. The van der Waals surface area contributed by atoms with E-state index in [2.05, 4.69) is 36.1 Å². The molecule has 0 radical (unpaired) electrons. The lowest BCUT2D eigenvalue weighted by Crippen LogP contribution is -2.26. The van der Waals surface area contributed by atoms with E-state index in [0.29, 0.717) is 16.6 Å². The van der Waals surface area contributed by atoms with Gasteiger partial charge in [-0.05, 0) is 34.0 Å². The maximum Gasteiger partial charge on any atom is 0.230 e. The summed E-state index contributed by atoms with van der Waals surface area (Å²) in [6.45, 7) is 0.234. The monoisotopic (exact) mass is 387 g/mol. The molecule has 4 heterocycles. The molecular formula is C14H13N9OS2. The van der Waals surface area contributed by atoms with E-state index in [9.17, 15) is 4.79 Å². The van der Waals surface area contributed by atoms with Crippen molar-refractivity contribution >= 4 is 34.7 Å². The number of carbonyl (C=O) groups is 1. The van der Waals surface area contributed by atoms with Gasteiger partial charge in [0.25, 0.3) is 0 Å². The van der Waals surface area contributed by atoms with Gasteiger partial charge in [-0.25, -0.2) is 4.68 Å². The van der Waals surface area contributed by atoms with Gasteiger partial charge in [-0.15, -0.1) is 15.3 Å². The third-order valence-corrected chi connectivity index (χ3v) is 5.20. The zero-order valence-electron chi connectivity index (χ0n) is 13.6. The molecule has 0 saturated heterocycles. The predicted molar refractivity (Wildman–Crippen MR) is 95.5 cm³/mol. The minimum absolute atomic E-state index is 0.149. The van der Waals surface area contributed by atoms with Gasteiger partial charge in [-0.2, -0.15) is 21.0 Å². The van der Waals surface area contributed by atoms with Crippen molar-refractivity contribution in [2.45, 2.75) is 11.7 Å². The van der Waals surface area contributed by atoms with Crippen molar-refractivity contribution < 1.29 is 4.79 Å². The molecule has 1 N–H and O–H groups in total. The molecule has 4 rings (SSSR count). The van der Waals surface area contributed by atoms with Crippen LogP contribution in [0.3, 0.4) is 0 Å². The number of aryl methyl sites for hydroxylation is 1. The zero-order chi connectivity index (χ0) is 17.9. The van der Waals surface area contributed by atoms with Gasteiger partial charge in [0.15, 0.2) is 11.5 Å². The summed E-state index contributed by atoms with van der Waals surface area (Å²) in [6, 6.07) is 5.76. The number of hydrogen-bond donors (Lipinski definition) is 1. The van der Waals surface area contributed by atoms with Crippen molar-refractivity contribution in [3.05, 3.63) is 34.8 Å². The maximum atomic E-state index is 12.0. The second kappa shape index (κ2) is 7.17. The number of amides is 1. The van der Waals surface area contributed by atoms with Crippen molar-refractivity contribution in [3.8, 4) is 11.3 Å². The minimum Gasteiger partial charge on any atom is -0.348 e. The summed E-state index contributed by atoms with van der Waals surface area (Å²) in [4.78, 5) is 12.0. The van der Waals surface area contributed by atoms with Crippen LogP contribution in [0.2, 0.25) is 0 Å². The molecule has 0 aromatic carbocycles. The van der Waals surface area contributed by atoms with E-state index >= 15 is 0 Å². The van der Waals surface area contributed by atoms with Crippen LogP contribution in [-0.2, 0) is 18.4 Å². The molecule has 10 nitrogen and oxygen atoms in total. The third-order valence-electron chi connectivity index (χ3n) is 3.50. The summed E-state index contributed by atoms with van der Waals surface area (Å²) in [7, 11) is 1.72. The van der Waals surface area contributed by atoms with Crippen LogP contribution in [0.4, 0.5) is 0 Å². The number of fused-ring (bicyclic) bond motifs is 1. The van der Waals surface area contributed by atoms with Gasteiger partial charge >= 0.3 is 0 Å². The number of nitrogens with zero attached hydrogens (tertiary/aromatic N) is 8. The fraction of sp³-hybridized carbons (Fsp3) is 0.214. The number of thioether (sulfide) groups is 1. The fourth-order valence-electron chi connectivity index (χ4n) is 2.21. The Labute approximate surface area is 155 Å². The molecule has 26 heavy (non-hydrogen) atoms. The van der Waals surface area contributed by atoms with Gasteiger partial charge < -0.3 is 5.32 Å². The van der Waals surface area contributed by atoms with Crippen LogP contribution in [0.15, 0.2) is 34.1 Å². The first kappa shape index (κ1) is 16.6. The highest BCUT2D eigenvalue weighted by molar-refractivity contribution is 7.99. The summed E-state index contributed by atoms with van der Waals surface area (Å²) in [5.41, 5.74) is 2.50. The van der Waals surface area contributed by atoms with Crippen LogP contribution in [0, 0.1) is 0 Å². The van der Waals surface area contributed by atoms with Crippen LogP contribution in [0.5, 0.6) is 0 Å². The van der Waals surface area contributed by atoms with E-state index in [1.165, 1.54) is 16.4 Å². The Morgan fingerprint density at radius 1 is 1.27 bits per heavy atom. The Kier molecular flexibility index (Phi) is 4.58. The predicted octanol–water partition coefficient (Wildman–Crippen LogP) is 0.785. The summed E-state index contributed by atoms with van der Waals surface area (Å²) in [5.74, 6) is 0.623. The van der Waals surface area contributed by atoms with Crippen molar-refractivity contribution in [2.24, 2.45) is 7.05 Å². The Bertz CT molecular complexity index is 1040. The molecule has 0 aliphatic rings. The molecule has 0 saturated carbocycles. The third kappa shape index (κ3) is 3.41. The van der Waals surface area contributed by atoms with E-state index in [1.54, 1.807) is 22.9 Å². The molecule has 0 aliphatic carbocycles. The molecule has 0 bridgehead atoms. The molecule has 1 amide bonds. The summed E-state index contributed by atoms with van der Waals surface area (Å²) >= 11 is 2.87. The first-order chi connectivity index (χ1) is 12.7. The first-order valence-corrected chi connectivity index (χ1v) is 9.49. The van der Waals surface area contributed by atoms with E-state index < -0.39 is 0 Å². The highest BCUT2D eigenvalue weighted by Crippen LogP contribution is 2.20. The number of tetrazole rings is 1. The molecule has 12 heteroatoms. The molecule has 0 aliphatic heterocycles. The van der Waals surface area contributed by atoms with Crippen molar-refractivity contribution in [2.75, 3.05) is 5.75 Å². The Morgan fingerprint density at radius 2 is 2.19 bits per heavy atom. The van der Waals surface area contributed by atoms with Crippen molar-refractivity contribution in [1.29, 1.82) is 0 Å². The fourth-order valence-corrected chi connectivity index (χ4v) is 3.54. The van der Waals surface area contributed by atoms with Crippen LogP contribution < -0.4 is 5.32 Å². The Balaban J connectivity index is 1.43. The van der Waals surface area contributed by atoms with E-state index in [4.69, 9.17) is 0 Å². The standard InChI is InChI=1S/C14H13N9OS2/c1-22-14(18-20-21-22)26-8-13(24)15-6-12-17-16-11-3-2-10(19-23(11)12)9-4-5-25-7-9/h2-5,7H,6,8H2,1H3,(H,15,24). The van der Waals surface area contributed by atoms with Crippen LogP contribution in [0.1, 0.15) is 5.82 Å². The molecule has 0 spiro atoms. The molecule has 0 fully saturated rings. The van der Waals surface area contributed by atoms with Crippen molar-refractivity contribution in [1.82, 2.24) is 45.3 Å². The van der Waals surface area contributed by atoms with Gasteiger partial charge in [0.1, 0.15) is 0 Å². The maximum absolute atomic E-state index is 12.0. The van der Waals surface area contributed by atoms with Crippen LogP contribution >= 0.6 is 23.1 Å². The largest absolute Gasteiger partial charge is 0.348 e. The Morgan fingerprint density at radius 3 is 2.96 bits per heavy atom. The summed E-state index contributed by atoms with van der Waals surface area (Å²) < 4.78 is 3.16. The van der Waals surface area contributed by atoms with Crippen LogP contribution in [0.25, 0.3) is 16.9 Å². The normalized spacial score (nSPS) is 11.1. The van der Waals surface area contributed by atoms with Gasteiger partial charge in [-0.1, -0.05) is 11.8 Å². The topological polar surface area (TPSA) is 116 Å². The number of carbonyl (C=O) groups excluding carboxylic acids is 1. The smallest absolute Gasteiger partial charge is 0.230 e. The lowest BCUT2D eigenvalue weighted by atomic mass is 10.2. The van der Waals surface area contributed by atoms with Gasteiger partial charge in [0.05, 0.1) is 18.0 Å². The number of rotatable bonds is 6. The SMILES string of the molecule is Cn1nnnc1SCC(=O)NCc1nnc2ccc(-c3ccsc3)nn12. The molecule has 132 valence electrons. The quantitative estimate of drug-likeness (QED) is 0.483. The molecule has 4 aromatic rings.